The third-order valence-corrected chi connectivity index (χ3v) is 3.55. The number of hydrogen-bond acceptors (Lipinski definition) is 6. The standard InChI is InChI=1S/C17H13N3O4/c1-10(18-16(21)13-7-4-8-22-13)17-19-15(20-24-17)14-9-11-5-2-3-6-12(11)23-14/h2-10H,1H3,(H,18,21)/t10-/m0/s1. The van der Waals surface area contributed by atoms with Crippen molar-refractivity contribution in [3.63, 3.8) is 0 Å². The molecule has 7 nitrogen and oxygen atoms in total. The maximum atomic E-state index is 12.0. The second-order valence-corrected chi connectivity index (χ2v) is 5.28. The maximum absolute atomic E-state index is 12.0. The summed E-state index contributed by atoms with van der Waals surface area (Å²) in [4.78, 5) is 16.3. The molecule has 0 spiro atoms. The fraction of sp³-hybridized carbons (Fsp3) is 0.118. The Bertz CT molecular complexity index is 951. The van der Waals surface area contributed by atoms with Gasteiger partial charge in [0.2, 0.25) is 11.7 Å². The molecule has 3 aromatic heterocycles. The van der Waals surface area contributed by atoms with Crippen molar-refractivity contribution in [2.45, 2.75) is 13.0 Å². The van der Waals surface area contributed by atoms with Gasteiger partial charge in [0.15, 0.2) is 11.5 Å². The highest BCUT2D eigenvalue weighted by Crippen LogP contribution is 2.26. The molecular weight excluding hydrogens is 310 g/mol. The molecule has 7 heteroatoms. The van der Waals surface area contributed by atoms with Crippen molar-refractivity contribution in [3.05, 3.63) is 60.4 Å². The molecule has 0 fully saturated rings. The van der Waals surface area contributed by atoms with E-state index in [2.05, 4.69) is 15.5 Å². The van der Waals surface area contributed by atoms with Crippen LogP contribution >= 0.6 is 0 Å². The molecule has 0 saturated heterocycles. The number of benzene rings is 1. The minimum Gasteiger partial charge on any atom is -0.459 e. The van der Waals surface area contributed by atoms with E-state index in [9.17, 15) is 4.79 Å². The van der Waals surface area contributed by atoms with Crippen LogP contribution in [0.2, 0.25) is 0 Å². The molecule has 120 valence electrons. The molecule has 24 heavy (non-hydrogen) atoms. The number of furan rings is 2. The lowest BCUT2D eigenvalue weighted by molar-refractivity contribution is 0.0904. The van der Waals surface area contributed by atoms with Gasteiger partial charge in [-0.15, -0.1) is 0 Å². The minimum atomic E-state index is -0.465. The van der Waals surface area contributed by atoms with Crippen LogP contribution in [0.1, 0.15) is 29.4 Å². The van der Waals surface area contributed by atoms with Crippen molar-refractivity contribution in [2.75, 3.05) is 0 Å². The fourth-order valence-electron chi connectivity index (χ4n) is 2.34. The lowest BCUT2D eigenvalue weighted by Crippen LogP contribution is -2.26. The van der Waals surface area contributed by atoms with Crippen LogP contribution in [0, 0.1) is 0 Å². The Hall–Kier alpha value is -3.35. The van der Waals surface area contributed by atoms with Crippen LogP contribution in [-0.4, -0.2) is 16.0 Å². The van der Waals surface area contributed by atoms with Gasteiger partial charge in [0.1, 0.15) is 11.6 Å². The summed E-state index contributed by atoms with van der Waals surface area (Å²) < 4.78 is 16.0. The van der Waals surface area contributed by atoms with E-state index in [1.807, 2.05) is 30.3 Å². The first-order valence-corrected chi connectivity index (χ1v) is 7.37. The van der Waals surface area contributed by atoms with Gasteiger partial charge in [-0.25, -0.2) is 0 Å². The summed E-state index contributed by atoms with van der Waals surface area (Å²) in [5.74, 6) is 0.997. The molecule has 0 bridgehead atoms. The minimum absolute atomic E-state index is 0.221. The number of aromatic nitrogens is 2. The van der Waals surface area contributed by atoms with Crippen LogP contribution in [0.3, 0.4) is 0 Å². The molecule has 1 amide bonds. The van der Waals surface area contributed by atoms with Crippen molar-refractivity contribution in [2.24, 2.45) is 0 Å². The van der Waals surface area contributed by atoms with E-state index in [0.717, 1.165) is 11.0 Å². The molecular formula is C17H13N3O4. The number of rotatable bonds is 4. The monoisotopic (exact) mass is 323 g/mol. The topological polar surface area (TPSA) is 94.3 Å². The van der Waals surface area contributed by atoms with Crippen LogP contribution in [0.5, 0.6) is 0 Å². The van der Waals surface area contributed by atoms with Crippen LogP contribution in [-0.2, 0) is 0 Å². The van der Waals surface area contributed by atoms with Crippen molar-refractivity contribution in [1.82, 2.24) is 15.5 Å². The van der Waals surface area contributed by atoms with Gasteiger partial charge in [0, 0.05) is 5.39 Å². The fourth-order valence-corrected chi connectivity index (χ4v) is 2.34. The van der Waals surface area contributed by atoms with Gasteiger partial charge < -0.3 is 18.7 Å². The number of carbonyl (C=O) groups is 1. The molecule has 0 aliphatic heterocycles. The lowest BCUT2D eigenvalue weighted by Gasteiger charge is -2.07. The van der Waals surface area contributed by atoms with E-state index in [-0.39, 0.29) is 17.6 Å². The second kappa shape index (κ2) is 5.69. The Balaban J connectivity index is 1.54. The Morgan fingerprint density at radius 3 is 2.88 bits per heavy atom. The zero-order valence-electron chi connectivity index (χ0n) is 12.7. The SMILES string of the molecule is C[C@H](NC(=O)c1ccco1)c1nc(-c2cc3ccccc3o2)no1. The number of amides is 1. The van der Waals surface area contributed by atoms with E-state index in [4.69, 9.17) is 13.4 Å². The number of nitrogens with zero attached hydrogens (tertiary/aromatic N) is 2. The molecule has 0 unspecified atom stereocenters. The summed E-state index contributed by atoms with van der Waals surface area (Å²) >= 11 is 0. The number of fused-ring (bicyclic) bond motifs is 1. The van der Waals surface area contributed by atoms with Gasteiger partial charge >= 0.3 is 0 Å². The lowest BCUT2D eigenvalue weighted by atomic mass is 10.2. The van der Waals surface area contributed by atoms with E-state index >= 15 is 0 Å². The Morgan fingerprint density at radius 2 is 2.08 bits per heavy atom. The normalized spacial score (nSPS) is 12.4. The van der Waals surface area contributed by atoms with Gasteiger partial charge in [-0.2, -0.15) is 4.98 Å². The van der Waals surface area contributed by atoms with E-state index < -0.39 is 6.04 Å². The summed E-state index contributed by atoms with van der Waals surface area (Å²) in [5.41, 5.74) is 0.748. The van der Waals surface area contributed by atoms with Gasteiger partial charge in [-0.1, -0.05) is 23.4 Å². The van der Waals surface area contributed by atoms with Crippen molar-refractivity contribution in [3.8, 4) is 11.6 Å². The van der Waals surface area contributed by atoms with Crippen molar-refractivity contribution >= 4 is 16.9 Å². The highest BCUT2D eigenvalue weighted by molar-refractivity contribution is 5.91. The van der Waals surface area contributed by atoms with Crippen molar-refractivity contribution in [1.29, 1.82) is 0 Å². The number of para-hydroxylation sites is 1. The largest absolute Gasteiger partial charge is 0.459 e. The molecule has 0 aliphatic carbocycles. The van der Waals surface area contributed by atoms with Crippen molar-refractivity contribution < 1.29 is 18.2 Å². The smallest absolute Gasteiger partial charge is 0.287 e. The van der Waals surface area contributed by atoms with E-state index in [0.29, 0.717) is 11.6 Å². The number of carbonyl (C=O) groups excluding carboxylic acids is 1. The summed E-state index contributed by atoms with van der Waals surface area (Å²) in [6.07, 6.45) is 1.44. The summed E-state index contributed by atoms with van der Waals surface area (Å²) in [6.45, 7) is 1.75. The average Bonchev–Trinajstić information content (AvgIpc) is 3.32. The summed E-state index contributed by atoms with van der Waals surface area (Å²) in [7, 11) is 0. The molecule has 1 aromatic carbocycles. The zero-order chi connectivity index (χ0) is 16.5. The molecule has 3 heterocycles. The van der Waals surface area contributed by atoms with E-state index in [1.54, 1.807) is 19.1 Å². The Kier molecular flexibility index (Phi) is 3.38. The van der Waals surface area contributed by atoms with Crippen LogP contribution in [0.25, 0.3) is 22.6 Å². The summed E-state index contributed by atoms with van der Waals surface area (Å²) in [6, 6.07) is 12.2. The molecule has 4 rings (SSSR count). The molecule has 0 saturated carbocycles. The predicted octanol–water partition coefficient (Wildman–Crippen LogP) is 3.57. The van der Waals surface area contributed by atoms with Crippen LogP contribution in [0.15, 0.2) is 62.1 Å². The number of nitrogens with one attached hydrogen (secondary N) is 1. The Labute approximate surface area is 136 Å². The molecule has 1 N–H and O–H groups in total. The molecule has 4 aromatic rings. The first-order valence-electron chi connectivity index (χ1n) is 7.37. The highest BCUT2D eigenvalue weighted by atomic mass is 16.5. The quantitative estimate of drug-likeness (QED) is 0.617. The predicted molar refractivity (Wildman–Crippen MR) is 84.1 cm³/mol. The van der Waals surface area contributed by atoms with Gasteiger partial charge in [0.05, 0.1) is 6.26 Å². The Morgan fingerprint density at radius 1 is 1.21 bits per heavy atom. The maximum Gasteiger partial charge on any atom is 0.287 e. The third-order valence-electron chi connectivity index (χ3n) is 3.55. The molecule has 1 atom stereocenters. The van der Waals surface area contributed by atoms with E-state index in [1.165, 1.54) is 6.26 Å². The number of hydrogen-bond donors (Lipinski definition) is 1. The summed E-state index contributed by atoms with van der Waals surface area (Å²) in [5, 5.41) is 7.61. The van der Waals surface area contributed by atoms with Gasteiger partial charge in [-0.05, 0) is 31.2 Å². The first-order chi connectivity index (χ1) is 11.7. The second-order valence-electron chi connectivity index (χ2n) is 5.28. The molecule has 0 radical (unpaired) electrons. The first kappa shape index (κ1) is 14.3. The molecule has 0 aliphatic rings. The van der Waals surface area contributed by atoms with Gasteiger partial charge in [-0.3, -0.25) is 4.79 Å². The van der Waals surface area contributed by atoms with Gasteiger partial charge in [0.25, 0.3) is 5.91 Å². The third kappa shape index (κ3) is 2.56. The highest BCUT2D eigenvalue weighted by Gasteiger charge is 2.20. The van der Waals surface area contributed by atoms with Crippen LogP contribution < -0.4 is 5.32 Å². The zero-order valence-corrected chi connectivity index (χ0v) is 12.7. The van der Waals surface area contributed by atoms with Crippen LogP contribution in [0.4, 0.5) is 0 Å². The average molecular weight is 323 g/mol.